The molecule has 142 valence electrons. The zero-order valence-electron chi connectivity index (χ0n) is 15.2. The second-order valence-corrected chi connectivity index (χ2v) is 7.02. The highest BCUT2D eigenvalue weighted by Gasteiger charge is 2.28. The number of nitrogens with one attached hydrogen (secondary N) is 3. The van der Waals surface area contributed by atoms with E-state index in [0.717, 1.165) is 44.2 Å². The average Bonchev–Trinajstić information content (AvgIpc) is 2.64. The second-order valence-electron chi connectivity index (χ2n) is 7.02. The number of carbonyl (C=O) groups excluding carboxylic acids is 3. The van der Waals surface area contributed by atoms with E-state index in [1.807, 2.05) is 13.8 Å². The number of halogens is 1. The number of hydrogen-bond donors (Lipinski definition) is 3. The van der Waals surface area contributed by atoms with Crippen LogP contribution in [0.1, 0.15) is 56.3 Å². The van der Waals surface area contributed by atoms with Gasteiger partial charge in [-0.05, 0) is 43.0 Å². The Bertz CT molecular complexity index is 640. The van der Waals surface area contributed by atoms with Gasteiger partial charge in [0.2, 0.25) is 5.91 Å². The molecule has 26 heavy (non-hydrogen) atoms. The Balaban J connectivity index is 1.89. The molecule has 1 aliphatic carbocycles. The Kier molecular flexibility index (Phi) is 7.12. The molecule has 1 aromatic carbocycles. The van der Waals surface area contributed by atoms with Gasteiger partial charge in [-0.15, -0.1) is 0 Å². The lowest BCUT2D eigenvalue weighted by Crippen LogP contribution is -2.55. The lowest BCUT2D eigenvalue weighted by molar-refractivity contribution is -0.133. The van der Waals surface area contributed by atoms with Gasteiger partial charge in [-0.3, -0.25) is 25.2 Å². The number of benzene rings is 1. The number of amides is 3. The predicted octanol–water partition coefficient (Wildman–Crippen LogP) is 2.31. The van der Waals surface area contributed by atoms with Gasteiger partial charge in [-0.2, -0.15) is 0 Å². The van der Waals surface area contributed by atoms with Crippen LogP contribution < -0.4 is 16.2 Å². The molecular weight excluding hydrogens is 337 g/mol. The van der Waals surface area contributed by atoms with Crippen molar-refractivity contribution in [2.45, 2.75) is 52.0 Å². The van der Waals surface area contributed by atoms with E-state index in [2.05, 4.69) is 16.2 Å². The third kappa shape index (κ3) is 5.54. The fourth-order valence-electron chi connectivity index (χ4n) is 3.04. The SMILES string of the molecule is CC(C)[C@@H](NC(=O)C1CCCCC1)C(=O)NNC(=O)c1ccc(F)cc1. The van der Waals surface area contributed by atoms with E-state index in [4.69, 9.17) is 0 Å². The van der Waals surface area contributed by atoms with Crippen LogP contribution in [-0.2, 0) is 9.59 Å². The monoisotopic (exact) mass is 363 g/mol. The van der Waals surface area contributed by atoms with E-state index in [-0.39, 0.29) is 23.3 Å². The van der Waals surface area contributed by atoms with Crippen LogP contribution in [0.3, 0.4) is 0 Å². The molecule has 7 heteroatoms. The zero-order chi connectivity index (χ0) is 19.1. The van der Waals surface area contributed by atoms with Crippen LogP contribution in [0.2, 0.25) is 0 Å². The summed E-state index contributed by atoms with van der Waals surface area (Å²) in [5.74, 6) is -1.78. The highest BCUT2D eigenvalue weighted by Crippen LogP contribution is 2.24. The Hall–Kier alpha value is -2.44. The van der Waals surface area contributed by atoms with Crippen molar-refractivity contribution in [1.82, 2.24) is 16.2 Å². The molecule has 0 aliphatic heterocycles. The normalized spacial score (nSPS) is 16.0. The van der Waals surface area contributed by atoms with Gasteiger partial charge >= 0.3 is 0 Å². The van der Waals surface area contributed by atoms with Gasteiger partial charge in [0.15, 0.2) is 0 Å². The van der Waals surface area contributed by atoms with Crippen LogP contribution in [0.15, 0.2) is 24.3 Å². The highest BCUT2D eigenvalue weighted by atomic mass is 19.1. The summed E-state index contributed by atoms with van der Waals surface area (Å²) in [5, 5.41) is 2.81. The first-order valence-corrected chi connectivity index (χ1v) is 9.04. The molecule has 0 radical (unpaired) electrons. The molecule has 3 N–H and O–H groups in total. The predicted molar refractivity (Wildman–Crippen MR) is 95.4 cm³/mol. The topological polar surface area (TPSA) is 87.3 Å². The molecule has 6 nitrogen and oxygen atoms in total. The van der Waals surface area contributed by atoms with E-state index < -0.39 is 23.7 Å². The number of hydrazine groups is 1. The summed E-state index contributed by atoms with van der Waals surface area (Å²) < 4.78 is 12.9. The molecule has 0 aromatic heterocycles. The molecule has 0 heterocycles. The molecule has 1 aliphatic rings. The maximum absolute atomic E-state index is 12.9. The molecule has 1 aromatic rings. The summed E-state index contributed by atoms with van der Waals surface area (Å²) in [6, 6.07) is 4.23. The smallest absolute Gasteiger partial charge is 0.269 e. The third-order valence-electron chi connectivity index (χ3n) is 4.63. The van der Waals surface area contributed by atoms with Crippen molar-refractivity contribution in [1.29, 1.82) is 0 Å². The molecule has 0 unspecified atom stereocenters. The van der Waals surface area contributed by atoms with Crippen molar-refractivity contribution in [3.8, 4) is 0 Å². The molecule has 1 atom stereocenters. The second kappa shape index (κ2) is 9.31. The molecule has 0 saturated heterocycles. The quantitative estimate of drug-likeness (QED) is 0.702. The number of carbonyl (C=O) groups is 3. The van der Waals surface area contributed by atoms with Gasteiger partial charge in [-0.25, -0.2) is 4.39 Å². The van der Waals surface area contributed by atoms with Crippen LogP contribution in [0.4, 0.5) is 4.39 Å². The Morgan fingerprint density at radius 1 is 1.00 bits per heavy atom. The summed E-state index contributed by atoms with van der Waals surface area (Å²) in [4.78, 5) is 36.8. The van der Waals surface area contributed by atoms with Gasteiger partial charge in [-0.1, -0.05) is 33.1 Å². The fraction of sp³-hybridized carbons (Fsp3) is 0.526. The lowest BCUT2D eigenvalue weighted by Gasteiger charge is -2.26. The number of rotatable bonds is 5. The van der Waals surface area contributed by atoms with E-state index >= 15 is 0 Å². The largest absolute Gasteiger partial charge is 0.344 e. The highest BCUT2D eigenvalue weighted by molar-refractivity contribution is 5.96. The first-order chi connectivity index (χ1) is 12.4. The molecule has 1 saturated carbocycles. The third-order valence-corrected chi connectivity index (χ3v) is 4.63. The van der Waals surface area contributed by atoms with Crippen molar-refractivity contribution in [3.63, 3.8) is 0 Å². The summed E-state index contributed by atoms with van der Waals surface area (Å²) in [7, 11) is 0. The van der Waals surface area contributed by atoms with Crippen molar-refractivity contribution >= 4 is 17.7 Å². The van der Waals surface area contributed by atoms with Crippen LogP contribution in [0, 0.1) is 17.7 Å². The Morgan fingerprint density at radius 3 is 2.19 bits per heavy atom. The molecule has 1 fully saturated rings. The maximum Gasteiger partial charge on any atom is 0.269 e. The minimum absolute atomic E-state index is 0.0494. The van der Waals surface area contributed by atoms with Gasteiger partial charge in [0, 0.05) is 11.5 Å². The summed E-state index contributed by atoms with van der Waals surface area (Å²) in [6.07, 6.45) is 4.90. The van der Waals surface area contributed by atoms with E-state index in [1.165, 1.54) is 12.1 Å². The summed E-state index contributed by atoms with van der Waals surface area (Å²) in [6.45, 7) is 3.65. The van der Waals surface area contributed by atoms with E-state index in [1.54, 1.807) is 0 Å². The van der Waals surface area contributed by atoms with Crippen LogP contribution in [0.25, 0.3) is 0 Å². The van der Waals surface area contributed by atoms with E-state index in [0.29, 0.717) is 0 Å². The van der Waals surface area contributed by atoms with E-state index in [9.17, 15) is 18.8 Å². The first kappa shape index (κ1) is 19.9. The standard InChI is InChI=1S/C19H26FN3O3/c1-12(2)16(21-17(24)13-6-4-3-5-7-13)19(26)23-22-18(25)14-8-10-15(20)11-9-14/h8-13,16H,3-7H2,1-2H3,(H,21,24)(H,22,25)(H,23,26)/t16-/m1/s1. The molecule has 2 rings (SSSR count). The van der Waals surface area contributed by atoms with Crippen molar-refractivity contribution < 1.29 is 18.8 Å². The van der Waals surface area contributed by atoms with Crippen molar-refractivity contribution in [2.75, 3.05) is 0 Å². The van der Waals surface area contributed by atoms with Gasteiger partial charge in [0.1, 0.15) is 11.9 Å². The fourth-order valence-corrected chi connectivity index (χ4v) is 3.04. The first-order valence-electron chi connectivity index (χ1n) is 9.04. The zero-order valence-corrected chi connectivity index (χ0v) is 15.2. The Labute approximate surface area is 152 Å². The lowest BCUT2D eigenvalue weighted by atomic mass is 9.88. The van der Waals surface area contributed by atoms with Gasteiger partial charge in [0.25, 0.3) is 11.8 Å². The molecular formula is C19H26FN3O3. The maximum atomic E-state index is 12.9. The minimum Gasteiger partial charge on any atom is -0.344 e. The van der Waals surface area contributed by atoms with Crippen LogP contribution >= 0.6 is 0 Å². The average molecular weight is 363 g/mol. The van der Waals surface area contributed by atoms with Crippen molar-refractivity contribution in [3.05, 3.63) is 35.6 Å². The Morgan fingerprint density at radius 2 is 1.62 bits per heavy atom. The van der Waals surface area contributed by atoms with Crippen LogP contribution in [0.5, 0.6) is 0 Å². The number of hydrogen-bond acceptors (Lipinski definition) is 3. The van der Waals surface area contributed by atoms with Crippen molar-refractivity contribution in [2.24, 2.45) is 11.8 Å². The summed E-state index contributed by atoms with van der Waals surface area (Å²) >= 11 is 0. The van der Waals surface area contributed by atoms with Crippen LogP contribution in [-0.4, -0.2) is 23.8 Å². The minimum atomic E-state index is -0.738. The molecule has 0 spiro atoms. The van der Waals surface area contributed by atoms with Gasteiger partial charge < -0.3 is 5.32 Å². The van der Waals surface area contributed by atoms with Gasteiger partial charge in [0.05, 0.1) is 0 Å². The molecule has 3 amide bonds. The molecule has 0 bridgehead atoms. The summed E-state index contributed by atoms with van der Waals surface area (Å²) in [5.41, 5.74) is 4.85.